The van der Waals surface area contributed by atoms with Crippen LogP contribution in [0.25, 0.3) is 0 Å². The molecule has 1 aromatic carbocycles. The van der Waals surface area contributed by atoms with E-state index in [9.17, 15) is 9.59 Å². The molecule has 1 N–H and O–H groups in total. The molecule has 31 heavy (non-hydrogen) atoms. The van der Waals surface area contributed by atoms with Gasteiger partial charge in [0, 0.05) is 36.9 Å². The average molecular weight is 424 g/mol. The van der Waals surface area contributed by atoms with Crippen LogP contribution in [-0.4, -0.2) is 40.9 Å². The van der Waals surface area contributed by atoms with Crippen LogP contribution in [0.15, 0.2) is 36.4 Å². The van der Waals surface area contributed by atoms with Gasteiger partial charge in [-0.05, 0) is 51.7 Å². The summed E-state index contributed by atoms with van der Waals surface area (Å²) in [7, 11) is 0. The van der Waals surface area contributed by atoms with E-state index >= 15 is 0 Å². The Bertz CT molecular complexity index is 880. The summed E-state index contributed by atoms with van der Waals surface area (Å²) in [6.07, 6.45) is 4.82. The second kappa shape index (κ2) is 10.7. The number of aromatic nitrogens is 1. The van der Waals surface area contributed by atoms with E-state index in [0.717, 1.165) is 55.6 Å². The molecule has 0 radical (unpaired) electrons. The molecular formula is C26H37N3O2. The molecule has 5 heteroatoms. The molecular weight excluding hydrogens is 386 g/mol. The summed E-state index contributed by atoms with van der Waals surface area (Å²) < 4.78 is 2.25. The fraction of sp³-hybridized carbons (Fsp3) is 0.538. The smallest absolute Gasteiger partial charge is 0.255 e. The topological polar surface area (TPSA) is 54.3 Å². The predicted molar refractivity (Wildman–Crippen MR) is 125 cm³/mol. The normalized spacial score (nSPS) is 15.7. The molecule has 1 atom stereocenters. The van der Waals surface area contributed by atoms with Crippen molar-refractivity contribution in [2.75, 3.05) is 19.6 Å². The van der Waals surface area contributed by atoms with Crippen molar-refractivity contribution in [3.8, 4) is 0 Å². The van der Waals surface area contributed by atoms with Gasteiger partial charge in [0.05, 0.1) is 11.6 Å². The first kappa shape index (κ1) is 23.1. The van der Waals surface area contributed by atoms with Crippen LogP contribution in [0.1, 0.15) is 79.3 Å². The zero-order chi connectivity index (χ0) is 22.4. The summed E-state index contributed by atoms with van der Waals surface area (Å²) in [4.78, 5) is 27.6. The van der Waals surface area contributed by atoms with Crippen LogP contribution in [0.3, 0.4) is 0 Å². The van der Waals surface area contributed by atoms with Crippen molar-refractivity contribution in [1.82, 2.24) is 14.8 Å². The number of carbonyl (C=O) groups excluding carboxylic acids is 2. The molecule has 1 aliphatic heterocycles. The molecule has 168 valence electrons. The molecule has 1 unspecified atom stereocenters. The Morgan fingerprint density at radius 1 is 1.10 bits per heavy atom. The summed E-state index contributed by atoms with van der Waals surface area (Å²) in [5, 5.41) is 3.07. The van der Waals surface area contributed by atoms with Gasteiger partial charge in [-0.25, -0.2) is 0 Å². The van der Waals surface area contributed by atoms with E-state index in [4.69, 9.17) is 0 Å². The number of aryl methyl sites for hydroxylation is 1. The highest BCUT2D eigenvalue weighted by Gasteiger charge is 2.29. The second-order valence-electron chi connectivity index (χ2n) is 8.81. The molecule has 0 spiro atoms. The van der Waals surface area contributed by atoms with Gasteiger partial charge in [0.2, 0.25) is 5.91 Å². The Morgan fingerprint density at radius 2 is 1.77 bits per heavy atom. The number of hydrogen-bond acceptors (Lipinski definition) is 2. The summed E-state index contributed by atoms with van der Waals surface area (Å²) in [6.45, 7) is 10.5. The summed E-state index contributed by atoms with van der Waals surface area (Å²) >= 11 is 0. The van der Waals surface area contributed by atoms with E-state index in [1.807, 2.05) is 24.0 Å². The molecule has 0 saturated carbocycles. The molecule has 0 bridgehead atoms. The number of nitrogens with one attached hydrogen (secondary N) is 1. The van der Waals surface area contributed by atoms with Crippen molar-refractivity contribution in [3.63, 3.8) is 0 Å². The molecule has 1 saturated heterocycles. The van der Waals surface area contributed by atoms with E-state index < -0.39 is 0 Å². The van der Waals surface area contributed by atoms with Gasteiger partial charge < -0.3 is 14.8 Å². The van der Waals surface area contributed by atoms with Gasteiger partial charge >= 0.3 is 0 Å². The van der Waals surface area contributed by atoms with E-state index in [1.54, 1.807) is 0 Å². The summed E-state index contributed by atoms with van der Waals surface area (Å²) in [5.74, 6) is 0.260. The molecule has 2 heterocycles. The maximum Gasteiger partial charge on any atom is 0.255 e. The molecule has 1 aromatic heterocycles. The number of likely N-dealkylation sites (tertiary alicyclic amines) is 1. The third kappa shape index (κ3) is 5.38. The molecule has 3 rings (SSSR count). The Hall–Kier alpha value is -2.56. The lowest BCUT2D eigenvalue weighted by atomic mass is 9.95. The lowest BCUT2D eigenvalue weighted by molar-refractivity contribution is -0.126. The highest BCUT2D eigenvalue weighted by Crippen LogP contribution is 2.27. The minimum Gasteiger partial charge on any atom is -0.356 e. The lowest BCUT2D eigenvalue weighted by Gasteiger charge is -2.31. The van der Waals surface area contributed by atoms with Crippen LogP contribution >= 0.6 is 0 Å². The largest absolute Gasteiger partial charge is 0.356 e. The van der Waals surface area contributed by atoms with Crippen molar-refractivity contribution in [1.29, 1.82) is 0 Å². The number of nitrogens with zero attached hydrogens (tertiary/aromatic N) is 2. The number of carbonyl (C=O) groups is 2. The number of unbranched alkanes of at least 4 members (excludes halogenated alkanes) is 2. The third-order valence-corrected chi connectivity index (χ3v) is 6.62. The van der Waals surface area contributed by atoms with Gasteiger partial charge in [0.15, 0.2) is 0 Å². The zero-order valence-corrected chi connectivity index (χ0v) is 19.5. The van der Waals surface area contributed by atoms with Crippen molar-refractivity contribution in [2.45, 2.75) is 65.8 Å². The Balaban J connectivity index is 1.62. The van der Waals surface area contributed by atoms with Crippen molar-refractivity contribution in [3.05, 3.63) is 58.9 Å². The van der Waals surface area contributed by atoms with E-state index in [2.05, 4.69) is 54.9 Å². The number of benzene rings is 1. The fourth-order valence-corrected chi connectivity index (χ4v) is 4.72. The zero-order valence-electron chi connectivity index (χ0n) is 19.5. The van der Waals surface area contributed by atoms with Gasteiger partial charge in [-0.3, -0.25) is 9.59 Å². The average Bonchev–Trinajstić information content (AvgIpc) is 3.10. The van der Waals surface area contributed by atoms with Crippen molar-refractivity contribution in [2.24, 2.45) is 5.92 Å². The van der Waals surface area contributed by atoms with Crippen LogP contribution in [0, 0.1) is 19.8 Å². The summed E-state index contributed by atoms with van der Waals surface area (Å²) in [6, 6.07) is 12.6. The van der Waals surface area contributed by atoms with Gasteiger partial charge in [0.1, 0.15) is 0 Å². The lowest BCUT2D eigenvalue weighted by Crippen LogP contribution is -2.43. The number of hydrogen-bond donors (Lipinski definition) is 1. The van der Waals surface area contributed by atoms with E-state index in [0.29, 0.717) is 13.1 Å². The van der Waals surface area contributed by atoms with Gasteiger partial charge in [-0.1, -0.05) is 50.1 Å². The molecule has 2 amide bonds. The quantitative estimate of drug-likeness (QED) is 0.616. The molecule has 5 nitrogen and oxygen atoms in total. The van der Waals surface area contributed by atoms with Crippen molar-refractivity contribution < 1.29 is 9.59 Å². The highest BCUT2D eigenvalue weighted by atomic mass is 16.2. The van der Waals surface area contributed by atoms with Crippen LogP contribution < -0.4 is 5.32 Å². The standard InChI is InChI=1S/C26H37N3O2/c1-5-6-10-15-27-25(30)23-13-16-28(17-14-23)26(31)24-18-19(2)29(21(24)4)20(3)22-11-8-7-9-12-22/h7-9,11-12,18,20,23H,5-6,10,13-17H2,1-4H3,(H,27,30). The highest BCUT2D eigenvalue weighted by molar-refractivity contribution is 5.96. The molecule has 1 aliphatic rings. The van der Waals surface area contributed by atoms with Gasteiger partial charge in [-0.2, -0.15) is 0 Å². The third-order valence-electron chi connectivity index (χ3n) is 6.62. The monoisotopic (exact) mass is 423 g/mol. The van der Waals surface area contributed by atoms with Crippen LogP contribution in [0.2, 0.25) is 0 Å². The first-order valence-electron chi connectivity index (χ1n) is 11.7. The van der Waals surface area contributed by atoms with Crippen LogP contribution in [0.4, 0.5) is 0 Å². The Morgan fingerprint density at radius 3 is 2.42 bits per heavy atom. The SMILES string of the molecule is CCCCCNC(=O)C1CCN(C(=O)c2cc(C)n(C(C)c3ccccc3)c2C)CC1. The maximum atomic E-state index is 13.3. The molecule has 2 aromatic rings. The van der Waals surface area contributed by atoms with Crippen LogP contribution in [-0.2, 0) is 4.79 Å². The first-order valence-corrected chi connectivity index (χ1v) is 11.7. The number of piperidine rings is 1. The summed E-state index contributed by atoms with van der Waals surface area (Å²) in [5.41, 5.74) is 4.12. The second-order valence-corrected chi connectivity index (χ2v) is 8.81. The number of rotatable bonds is 8. The molecule has 0 aliphatic carbocycles. The maximum absolute atomic E-state index is 13.3. The molecule has 1 fully saturated rings. The Kier molecular flexibility index (Phi) is 7.94. The Labute approximate surface area is 186 Å². The number of amides is 2. The van der Waals surface area contributed by atoms with Crippen molar-refractivity contribution >= 4 is 11.8 Å². The minimum absolute atomic E-state index is 0.0243. The van der Waals surface area contributed by atoms with E-state index in [-0.39, 0.29) is 23.8 Å². The minimum atomic E-state index is 0.0243. The van der Waals surface area contributed by atoms with Gasteiger partial charge in [0.25, 0.3) is 5.91 Å². The van der Waals surface area contributed by atoms with E-state index in [1.165, 1.54) is 5.56 Å². The fourth-order valence-electron chi connectivity index (χ4n) is 4.72. The first-order chi connectivity index (χ1) is 14.9. The predicted octanol–water partition coefficient (Wildman–Crippen LogP) is 4.87. The van der Waals surface area contributed by atoms with Gasteiger partial charge in [-0.15, -0.1) is 0 Å². The van der Waals surface area contributed by atoms with Crippen LogP contribution in [0.5, 0.6) is 0 Å².